The van der Waals surface area contributed by atoms with Crippen LogP contribution in [0.5, 0.6) is 0 Å². The van der Waals surface area contributed by atoms with Gasteiger partial charge < -0.3 is 16.8 Å². The normalized spacial score (nSPS) is 27.1. The number of amides is 2. The molecule has 0 saturated heterocycles. The zero-order valence-electron chi connectivity index (χ0n) is 9.74. The first-order valence-electron chi connectivity index (χ1n) is 5.82. The lowest BCUT2D eigenvalue weighted by Gasteiger charge is -2.30. The van der Waals surface area contributed by atoms with Crippen molar-refractivity contribution in [3.05, 3.63) is 0 Å². The number of rotatable bonds is 4. The topological polar surface area (TPSA) is 98.2 Å². The molecule has 0 aromatic heterocycles. The highest BCUT2D eigenvalue weighted by Gasteiger charge is 2.28. The zero-order chi connectivity index (χ0) is 12.1. The van der Waals surface area contributed by atoms with E-state index in [-0.39, 0.29) is 24.4 Å². The van der Waals surface area contributed by atoms with Crippen LogP contribution in [0.1, 0.15) is 32.6 Å². The Kier molecular flexibility index (Phi) is 4.73. The highest BCUT2D eigenvalue weighted by Crippen LogP contribution is 2.29. The van der Waals surface area contributed by atoms with Crippen molar-refractivity contribution in [2.75, 3.05) is 6.54 Å². The van der Waals surface area contributed by atoms with Crippen molar-refractivity contribution in [3.8, 4) is 0 Å². The van der Waals surface area contributed by atoms with Gasteiger partial charge in [0, 0.05) is 12.0 Å². The Morgan fingerprint density at radius 2 is 2.12 bits per heavy atom. The second-order valence-electron chi connectivity index (χ2n) is 4.66. The molecule has 5 N–H and O–H groups in total. The van der Waals surface area contributed by atoms with E-state index < -0.39 is 5.91 Å². The molecule has 0 heterocycles. The summed E-state index contributed by atoms with van der Waals surface area (Å²) >= 11 is 0. The van der Waals surface area contributed by atoms with E-state index >= 15 is 0 Å². The molecule has 1 aliphatic rings. The summed E-state index contributed by atoms with van der Waals surface area (Å²) in [5.74, 6) is -0.374. The molecule has 0 aliphatic heterocycles. The molecule has 1 rings (SSSR count). The predicted octanol–water partition coefficient (Wildman–Crippen LogP) is -0.258. The van der Waals surface area contributed by atoms with E-state index in [9.17, 15) is 9.59 Å². The summed E-state index contributed by atoms with van der Waals surface area (Å²) < 4.78 is 0. The fourth-order valence-electron chi connectivity index (χ4n) is 2.27. The summed E-state index contributed by atoms with van der Waals surface area (Å²) in [6.07, 6.45) is 4.06. The van der Waals surface area contributed by atoms with Crippen molar-refractivity contribution in [2.24, 2.45) is 23.3 Å². The van der Waals surface area contributed by atoms with Gasteiger partial charge in [-0.15, -0.1) is 0 Å². The van der Waals surface area contributed by atoms with Crippen LogP contribution >= 0.6 is 0 Å². The van der Waals surface area contributed by atoms with Crippen LogP contribution in [0, 0.1) is 11.8 Å². The predicted molar refractivity (Wildman–Crippen MR) is 61.3 cm³/mol. The van der Waals surface area contributed by atoms with Crippen molar-refractivity contribution in [1.82, 2.24) is 5.32 Å². The molecule has 0 aromatic carbocycles. The standard InChI is InChI=1S/C11H21N3O2/c1-7(11(16)14-6-10(13)15)8-3-2-4-9(12)5-8/h7-9H,2-6,12H2,1H3,(H2,13,15)(H,14,16). The van der Waals surface area contributed by atoms with Crippen molar-refractivity contribution >= 4 is 11.8 Å². The number of primary amides is 1. The first-order chi connectivity index (χ1) is 7.50. The number of nitrogens with two attached hydrogens (primary N) is 2. The maximum absolute atomic E-state index is 11.7. The molecule has 5 nitrogen and oxygen atoms in total. The zero-order valence-corrected chi connectivity index (χ0v) is 9.74. The second kappa shape index (κ2) is 5.84. The van der Waals surface area contributed by atoms with Crippen LogP contribution in [-0.2, 0) is 9.59 Å². The molecule has 1 saturated carbocycles. The van der Waals surface area contributed by atoms with Gasteiger partial charge in [-0.25, -0.2) is 0 Å². The average molecular weight is 227 g/mol. The Balaban J connectivity index is 2.39. The lowest BCUT2D eigenvalue weighted by atomic mass is 9.78. The average Bonchev–Trinajstić information content (AvgIpc) is 2.24. The molecule has 3 atom stereocenters. The van der Waals surface area contributed by atoms with Gasteiger partial charge >= 0.3 is 0 Å². The Morgan fingerprint density at radius 1 is 1.44 bits per heavy atom. The minimum Gasteiger partial charge on any atom is -0.368 e. The van der Waals surface area contributed by atoms with E-state index in [1.165, 1.54) is 0 Å². The van der Waals surface area contributed by atoms with Gasteiger partial charge in [0.1, 0.15) is 0 Å². The largest absolute Gasteiger partial charge is 0.368 e. The maximum Gasteiger partial charge on any atom is 0.236 e. The van der Waals surface area contributed by atoms with Gasteiger partial charge in [0.25, 0.3) is 0 Å². The molecular weight excluding hydrogens is 206 g/mol. The number of carbonyl (C=O) groups excluding carboxylic acids is 2. The number of nitrogens with one attached hydrogen (secondary N) is 1. The van der Waals surface area contributed by atoms with E-state index in [0.29, 0.717) is 5.92 Å². The molecule has 0 aromatic rings. The number of hydrogen-bond acceptors (Lipinski definition) is 3. The van der Waals surface area contributed by atoms with Gasteiger partial charge in [0.05, 0.1) is 6.54 Å². The Labute approximate surface area is 95.9 Å². The first kappa shape index (κ1) is 13.0. The van der Waals surface area contributed by atoms with Gasteiger partial charge in [0.15, 0.2) is 0 Å². The quantitative estimate of drug-likeness (QED) is 0.617. The van der Waals surface area contributed by atoms with Crippen LogP contribution in [0.15, 0.2) is 0 Å². The minimum absolute atomic E-state index is 0.0814. The molecule has 1 aliphatic carbocycles. The van der Waals surface area contributed by atoms with Crippen molar-refractivity contribution < 1.29 is 9.59 Å². The highest BCUT2D eigenvalue weighted by atomic mass is 16.2. The fraction of sp³-hybridized carbons (Fsp3) is 0.818. The molecule has 0 bridgehead atoms. The summed E-state index contributed by atoms with van der Waals surface area (Å²) in [7, 11) is 0. The highest BCUT2D eigenvalue weighted by molar-refractivity contribution is 5.84. The summed E-state index contributed by atoms with van der Waals surface area (Å²) in [6, 6.07) is 0.213. The molecule has 16 heavy (non-hydrogen) atoms. The summed E-state index contributed by atoms with van der Waals surface area (Å²) in [6.45, 7) is 1.81. The molecule has 2 amide bonds. The van der Waals surface area contributed by atoms with Crippen LogP contribution in [0.25, 0.3) is 0 Å². The Hall–Kier alpha value is -1.10. The Bertz CT molecular complexity index is 268. The lowest BCUT2D eigenvalue weighted by Crippen LogP contribution is -2.41. The molecular formula is C11H21N3O2. The third-order valence-corrected chi connectivity index (χ3v) is 3.31. The number of hydrogen-bond donors (Lipinski definition) is 3. The van der Waals surface area contributed by atoms with Crippen molar-refractivity contribution in [3.63, 3.8) is 0 Å². The van der Waals surface area contributed by atoms with Gasteiger partial charge in [0.2, 0.25) is 11.8 Å². The van der Waals surface area contributed by atoms with E-state index in [0.717, 1.165) is 25.7 Å². The molecule has 3 unspecified atom stereocenters. The van der Waals surface area contributed by atoms with Gasteiger partial charge in [-0.2, -0.15) is 0 Å². The smallest absolute Gasteiger partial charge is 0.236 e. The van der Waals surface area contributed by atoms with Crippen LogP contribution in [0.2, 0.25) is 0 Å². The third-order valence-electron chi connectivity index (χ3n) is 3.31. The lowest BCUT2D eigenvalue weighted by molar-refractivity contribution is -0.128. The first-order valence-corrected chi connectivity index (χ1v) is 5.82. The summed E-state index contributed by atoms with van der Waals surface area (Å²) in [5.41, 5.74) is 10.8. The van der Waals surface area contributed by atoms with Crippen molar-refractivity contribution in [1.29, 1.82) is 0 Å². The summed E-state index contributed by atoms with van der Waals surface area (Å²) in [5, 5.41) is 2.54. The van der Waals surface area contributed by atoms with E-state index in [4.69, 9.17) is 11.5 Å². The van der Waals surface area contributed by atoms with Crippen molar-refractivity contribution in [2.45, 2.75) is 38.6 Å². The number of carbonyl (C=O) groups is 2. The Morgan fingerprint density at radius 3 is 2.69 bits per heavy atom. The molecule has 92 valence electrons. The van der Waals surface area contributed by atoms with Crippen LogP contribution in [-0.4, -0.2) is 24.4 Å². The van der Waals surface area contributed by atoms with E-state index in [1.54, 1.807) is 0 Å². The second-order valence-corrected chi connectivity index (χ2v) is 4.66. The van der Waals surface area contributed by atoms with Gasteiger partial charge in [-0.1, -0.05) is 13.3 Å². The van der Waals surface area contributed by atoms with Crippen LogP contribution in [0.3, 0.4) is 0 Å². The van der Waals surface area contributed by atoms with Crippen LogP contribution in [0.4, 0.5) is 0 Å². The maximum atomic E-state index is 11.7. The SMILES string of the molecule is CC(C(=O)NCC(N)=O)C1CCCC(N)C1. The molecule has 1 fully saturated rings. The summed E-state index contributed by atoms with van der Waals surface area (Å²) in [4.78, 5) is 22.2. The third kappa shape index (κ3) is 3.81. The molecule has 0 radical (unpaired) electrons. The van der Waals surface area contributed by atoms with Gasteiger partial charge in [-0.05, 0) is 25.2 Å². The monoisotopic (exact) mass is 227 g/mol. The minimum atomic E-state index is -0.513. The molecule has 0 spiro atoms. The van der Waals surface area contributed by atoms with E-state index in [1.807, 2.05) is 6.92 Å². The fourth-order valence-corrected chi connectivity index (χ4v) is 2.27. The van der Waals surface area contributed by atoms with Crippen LogP contribution < -0.4 is 16.8 Å². The van der Waals surface area contributed by atoms with E-state index in [2.05, 4.69) is 5.32 Å². The molecule has 5 heteroatoms. The van der Waals surface area contributed by atoms with Gasteiger partial charge in [-0.3, -0.25) is 9.59 Å².